The Morgan fingerprint density at radius 3 is 0.990 bits per heavy atom. The zero-order valence-electron chi connectivity index (χ0n) is 52.8. The summed E-state index contributed by atoms with van der Waals surface area (Å²) in [5, 5.41) is 8.92. The van der Waals surface area contributed by atoms with Gasteiger partial charge in [0.1, 0.15) is 5.02 Å². The molecular formula is C78H62BrCl9N12. The Kier molecular flexibility index (Phi) is 26.9. The van der Waals surface area contributed by atoms with E-state index in [-0.39, 0.29) is 79.0 Å². The normalized spacial score (nSPS) is 10.4. The molecule has 12 nitrogen and oxygen atoms in total. The highest BCUT2D eigenvalue weighted by Crippen LogP contribution is 2.30. The fourth-order valence-corrected chi connectivity index (χ4v) is 12.8. The second kappa shape index (κ2) is 34.6. The molecule has 18 aromatic rings. The van der Waals surface area contributed by atoms with Gasteiger partial charge in [0.2, 0.25) is 66.2 Å². The Hall–Kier alpha value is -9.45. The van der Waals surface area contributed by atoms with Crippen molar-refractivity contribution >= 4 is 179 Å². The number of para-hydroxylation sites is 3. The third-order valence-electron chi connectivity index (χ3n) is 16.3. The van der Waals surface area contributed by atoms with Gasteiger partial charge in [-0.15, -0.1) is 0 Å². The molecule has 0 bridgehead atoms. The van der Waals surface area contributed by atoms with Crippen molar-refractivity contribution in [3.05, 3.63) is 324 Å². The summed E-state index contributed by atoms with van der Waals surface area (Å²) in [5.74, 6) is 0. The van der Waals surface area contributed by atoms with Gasteiger partial charge < -0.3 is 113 Å². The molecule has 0 spiro atoms. The highest BCUT2D eigenvalue weighted by Gasteiger charge is 2.18. The Bertz CT molecular complexity index is 5790. The molecule has 12 N–H and O–H groups in total. The van der Waals surface area contributed by atoms with Crippen molar-refractivity contribution in [2.75, 3.05) is 34.4 Å². The van der Waals surface area contributed by atoms with Gasteiger partial charge in [-0.3, -0.25) is 0 Å². The van der Waals surface area contributed by atoms with Crippen molar-refractivity contribution in [3.8, 4) is 0 Å². The van der Waals surface area contributed by atoms with Crippen LogP contribution in [0.15, 0.2) is 304 Å². The van der Waals surface area contributed by atoms with E-state index in [1.807, 2.05) is 272 Å². The first-order valence-electron chi connectivity index (χ1n) is 30.0. The van der Waals surface area contributed by atoms with Gasteiger partial charge in [0, 0.05) is 150 Å². The van der Waals surface area contributed by atoms with Gasteiger partial charge in [0.15, 0.2) is 37.2 Å². The summed E-state index contributed by atoms with van der Waals surface area (Å²) >= 11 is 24.4. The fraction of sp³-hybridized carbons (Fsp3) is 0. The van der Waals surface area contributed by atoms with Crippen LogP contribution in [0.5, 0.6) is 0 Å². The molecule has 0 aliphatic rings. The minimum Gasteiger partial charge on any atom is -1.00 e. The number of fused-ring (bicyclic) bond motifs is 18. The minimum atomic E-state index is 0. The molecule has 0 fully saturated rings. The highest BCUT2D eigenvalue weighted by molar-refractivity contribution is 6.36. The van der Waals surface area contributed by atoms with Crippen LogP contribution in [-0.4, -0.2) is 0 Å². The molecule has 12 heterocycles. The molecule has 22 heteroatoms. The molecule has 504 valence electrons. The monoisotopic (exact) mass is 1560 g/mol. The number of anilines is 6. The number of aromatic nitrogens is 6. The van der Waals surface area contributed by atoms with Crippen molar-refractivity contribution < 1.29 is 105 Å². The number of nitrogens with two attached hydrogens (primary N) is 6. The van der Waals surface area contributed by atoms with Crippen molar-refractivity contribution in [1.82, 2.24) is 0 Å². The van der Waals surface area contributed by atoms with E-state index in [4.69, 9.17) is 80.8 Å². The molecule has 0 unspecified atom stereocenters. The van der Waals surface area contributed by atoms with Gasteiger partial charge in [0.05, 0.1) is 71.5 Å². The average Bonchev–Trinajstić information content (AvgIpc) is 0.907. The zero-order valence-corrected chi connectivity index (χ0v) is 61.2. The molecule has 18 rings (SSSR count). The predicted octanol–water partition coefficient (Wildman–Crippen LogP) is -2.40. The van der Waals surface area contributed by atoms with E-state index in [9.17, 15) is 0 Å². The van der Waals surface area contributed by atoms with Crippen LogP contribution in [0.25, 0.3) is 98.5 Å². The summed E-state index contributed by atoms with van der Waals surface area (Å²) < 4.78 is 12.6. The Balaban J connectivity index is 0.000000167. The van der Waals surface area contributed by atoms with Crippen LogP contribution in [0.1, 0.15) is 0 Å². The first-order chi connectivity index (χ1) is 45.8. The molecule has 0 aliphatic carbocycles. The van der Waals surface area contributed by atoms with Gasteiger partial charge in [-0.2, -0.15) is 26.4 Å². The minimum absolute atomic E-state index is 0. The van der Waals surface area contributed by atoms with E-state index in [0.717, 1.165) is 132 Å². The number of nitrogens with zero attached hydrogens (tertiary/aromatic N) is 6. The number of benzene rings is 6. The first kappa shape index (κ1) is 77.9. The van der Waals surface area contributed by atoms with Gasteiger partial charge in [-0.1, -0.05) is 82.8 Å². The largest absolute Gasteiger partial charge is 1.00 e. The van der Waals surface area contributed by atoms with Crippen molar-refractivity contribution in [2.45, 2.75) is 0 Å². The van der Waals surface area contributed by atoms with Crippen molar-refractivity contribution in [3.63, 3.8) is 0 Å². The maximum absolute atomic E-state index is 6.23. The van der Waals surface area contributed by atoms with E-state index >= 15 is 0 Å². The maximum atomic E-state index is 6.23. The standard InChI is InChI=1S/4C13H9ClN2.2C13H10N2.BrH.5ClH/c14-10-5-3-6-12-13(10)11(15)8-9-4-1-2-7-16(9)12;14-11-6-3-5-10-12(15)8-9-4-1-2-7-16(9)13(10)11;14-9-4-5-13-11(7-9)12(15)8-10-3-1-2-6-16(10)13;14-9-4-5-11-12(15)8-10-3-1-2-6-16(10)13(11)7-9;2*14-12-9-10-5-3-4-8-15(10)13-7-2-1-6-11(12)13;;;;;;/h4*1-8,15H;2*1-9,14H;6*1H. The smallest absolute Gasteiger partial charge is 0.239 e. The van der Waals surface area contributed by atoms with Crippen molar-refractivity contribution in [2.24, 2.45) is 0 Å². The van der Waals surface area contributed by atoms with Crippen LogP contribution in [0.2, 0.25) is 20.1 Å². The zero-order chi connectivity index (χ0) is 65.0. The van der Waals surface area contributed by atoms with E-state index < -0.39 is 0 Å². The van der Waals surface area contributed by atoms with Gasteiger partial charge >= 0.3 is 0 Å². The second-order valence-electron chi connectivity index (χ2n) is 22.2. The topological polar surface area (TPSA) is 181 Å². The molecular weight excluding hydrogens is 1500 g/mol. The number of nitrogen functional groups attached to an aromatic ring is 6. The van der Waals surface area contributed by atoms with Crippen molar-refractivity contribution in [1.29, 1.82) is 0 Å². The quantitative estimate of drug-likeness (QED) is 0.0729. The fourth-order valence-electron chi connectivity index (χ4n) is 11.9. The van der Waals surface area contributed by atoms with Gasteiger partial charge in [-0.25, -0.2) is 0 Å². The third kappa shape index (κ3) is 16.2. The summed E-state index contributed by atoms with van der Waals surface area (Å²) in [6.07, 6.45) is 12.1. The van der Waals surface area contributed by atoms with Gasteiger partial charge in [-0.05, 0) is 91.0 Å². The summed E-state index contributed by atoms with van der Waals surface area (Å²) in [7, 11) is 0. The lowest BCUT2D eigenvalue weighted by Crippen LogP contribution is -3.00. The lowest BCUT2D eigenvalue weighted by Gasteiger charge is -2.02. The van der Waals surface area contributed by atoms with Gasteiger partial charge in [0.25, 0.3) is 0 Å². The summed E-state index contributed by atoms with van der Waals surface area (Å²) in [4.78, 5) is 0. The van der Waals surface area contributed by atoms with E-state index in [0.29, 0.717) is 20.8 Å². The van der Waals surface area contributed by atoms with Crippen LogP contribution in [-0.2, 0) is 0 Å². The Labute approximate surface area is 637 Å². The average molecular weight is 1570 g/mol. The predicted molar refractivity (Wildman–Crippen MR) is 389 cm³/mol. The molecule has 6 aromatic carbocycles. The van der Waals surface area contributed by atoms with E-state index in [1.165, 1.54) is 0 Å². The third-order valence-corrected chi connectivity index (χ3v) is 17.3. The number of pyridine rings is 12. The van der Waals surface area contributed by atoms with Crippen LogP contribution in [0, 0.1) is 0 Å². The second-order valence-corrected chi connectivity index (χ2v) is 23.9. The summed E-state index contributed by atoms with van der Waals surface area (Å²) in [6, 6.07) is 87.4. The number of halogens is 10. The number of hydrogen-bond donors (Lipinski definition) is 6. The molecule has 0 saturated carbocycles. The SMILES string of the molecule is Nc1cc2cccc[n+]2c2c(Cl)cccc12.Nc1cc2cccc[n+]2c2cc(Cl)ccc12.Nc1cc2cccc[n+]2c2ccc(Cl)cc12.Nc1cc2cccc[n+]2c2cccc(Cl)c12.Nc1cc2cccc[n+]2c2ccccc12.Nc1cc2cccc[n+]2c2ccccc12.[Br-].[Cl-].[Cl-].[Cl-].[Cl-].[Cl-]. The van der Waals surface area contributed by atoms with Crippen LogP contribution >= 0.6 is 46.4 Å². The Morgan fingerprint density at radius 2 is 0.520 bits per heavy atom. The molecule has 0 saturated heterocycles. The van der Waals surface area contributed by atoms with Crippen LogP contribution in [0.4, 0.5) is 34.1 Å². The Morgan fingerprint density at radius 1 is 0.220 bits per heavy atom. The summed E-state index contributed by atoms with van der Waals surface area (Å²) in [6.45, 7) is 0. The highest BCUT2D eigenvalue weighted by atomic mass is 79.9. The number of hydrogen-bond acceptors (Lipinski definition) is 6. The molecule has 12 aromatic heterocycles. The van der Waals surface area contributed by atoms with Crippen LogP contribution in [0.3, 0.4) is 0 Å². The molecule has 100 heavy (non-hydrogen) atoms. The first-order valence-corrected chi connectivity index (χ1v) is 31.5. The molecule has 0 aliphatic heterocycles. The molecule has 0 amide bonds. The van der Waals surface area contributed by atoms with E-state index in [1.54, 1.807) is 0 Å². The van der Waals surface area contributed by atoms with Crippen LogP contribution < -0.4 is 140 Å². The van der Waals surface area contributed by atoms with E-state index in [2.05, 4.69) is 58.7 Å². The lowest BCUT2D eigenvalue weighted by molar-refractivity contribution is -0.481. The molecule has 0 radical (unpaired) electrons. The lowest BCUT2D eigenvalue weighted by atomic mass is 10.1. The number of rotatable bonds is 0. The summed E-state index contributed by atoms with van der Waals surface area (Å²) in [5.41, 5.74) is 53.6. The maximum Gasteiger partial charge on any atom is 0.239 e. The molecule has 0 atom stereocenters.